The van der Waals surface area contributed by atoms with Crippen LogP contribution in [0, 0.1) is 0 Å². The van der Waals surface area contributed by atoms with Crippen LogP contribution in [0.4, 0.5) is 0 Å². The molecule has 0 aliphatic carbocycles. The van der Waals surface area contributed by atoms with Crippen LogP contribution >= 0.6 is 15.9 Å². The number of hydrogen-bond donors (Lipinski definition) is 2. The Labute approximate surface area is 81.5 Å². The van der Waals surface area contributed by atoms with E-state index in [1.54, 1.807) is 0 Å². The Kier molecular flexibility index (Phi) is 4.49. The third-order valence-corrected chi connectivity index (χ3v) is 1.37. The van der Waals surface area contributed by atoms with Crippen molar-refractivity contribution < 1.29 is 4.79 Å². The molecule has 0 saturated carbocycles. The Bertz CT molecular complexity index is 184. The zero-order valence-electron chi connectivity index (χ0n) is 7.48. The number of carbonyl (C=O) groups is 1. The van der Waals surface area contributed by atoms with Crippen molar-refractivity contribution in [3.63, 3.8) is 0 Å². The second-order valence-electron chi connectivity index (χ2n) is 3.46. The fraction of sp³-hybridized carbons (Fsp3) is 0.625. The fourth-order valence-corrected chi connectivity index (χ4v) is 0.811. The van der Waals surface area contributed by atoms with Gasteiger partial charge in [0.2, 0.25) is 5.91 Å². The maximum absolute atomic E-state index is 11.1. The molecule has 0 aromatic carbocycles. The summed E-state index contributed by atoms with van der Waals surface area (Å²) in [6.45, 7) is 7.68. The van der Waals surface area contributed by atoms with E-state index in [4.69, 9.17) is 5.73 Å². The lowest BCUT2D eigenvalue weighted by Crippen LogP contribution is -2.39. The molecule has 3 N–H and O–H groups in total. The zero-order valence-corrected chi connectivity index (χ0v) is 9.07. The fourth-order valence-electron chi connectivity index (χ4n) is 0.671. The molecule has 0 aliphatic heterocycles. The molecule has 0 bridgehead atoms. The summed E-state index contributed by atoms with van der Waals surface area (Å²) in [4.78, 5) is 11.1. The van der Waals surface area contributed by atoms with E-state index in [0.29, 0.717) is 13.0 Å². The van der Waals surface area contributed by atoms with E-state index >= 15 is 0 Å². The van der Waals surface area contributed by atoms with E-state index in [2.05, 4.69) is 27.8 Å². The molecule has 0 spiro atoms. The minimum absolute atomic E-state index is 0.0527. The van der Waals surface area contributed by atoms with Crippen LogP contribution in [-0.4, -0.2) is 18.0 Å². The quantitative estimate of drug-likeness (QED) is 0.767. The number of amides is 1. The van der Waals surface area contributed by atoms with Gasteiger partial charge in [-0.1, -0.05) is 22.5 Å². The summed E-state index contributed by atoms with van der Waals surface area (Å²) in [7, 11) is 0. The molecule has 0 heterocycles. The van der Waals surface area contributed by atoms with Gasteiger partial charge in [0.05, 0.1) is 0 Å². The predicted molar refractivity (Wildman–Crippen MR) is 54.0 cm³/mol. The monoisotopic (exact) mass is 234 g/mol. The molecule has 0 radical (unpaired) electrons. The summed E-state index contributed by atoms with van der Waals surface area (Å²) < 4.78 is 0.755. The van der Waals surface area contributed by atoms with Gasteiger partial charge in [0.1, 0.15) is 0 Å². The maximum Gasteiger partial charge on any atom is 0.222 e. The van der Waals surface area contributed by atoms with Crippen LogP contribution in [0.3, 0.4) is 0 Å². The number of halogens is 1. The predicted octanol–water partition coefficient (Wildman–Crippen LogP) is 1.14. The van der Waals surface area contributed by atoms with Crippen LogP contribution in [0.5, 0.6) is 0 Å². The van der Waals surface area contributed by atoms with Crippen LogP contribution < -0.4 is 11.1 Å². The normalized spacial score (nSPS) is 11.0. The van der Waals surface area contributed by atoms with Crippen molar-refractivity contribution in [3.05, 3.63) is 11.1 Å². The van der Waals surface area contributed by atoms with Crippen molar-refractivity contribution in [1.82, 2.24) is 5.32 Å². The van der Waals surface area contributed by atoms with Crippen molar-refractivity contribution in [3.8, 4) is 0 Å². The minimum Gasteiger partial charge on any atom is -0.351 e. The summed E-state index contributed by atoms with van der Waals surface area (Å²) in [6.07, 6.45) is 0.327. The average Bonchev–Trinajstić information content (AvgIpc) is 1.79. The molecule has 12 heavy (non-hydrogen) atoms. The Morgan fingerprint density at radius 2 is 2.17 bits per heavy atom. The molecule has 3 nitrogen and oxygen atoms in total. The number of nitrogens with one attached hydrogen (secondary N) is 1. The standard InChI is InChI=1S/C8H15BrN2O/c1-6(9)5-11-7(12)4-8(2,3)10/h1,4-5,10H2,2-3H3,(H,11,12). The lowest BCUT2D eigenvalue weighted by Gasteiger charge is -2.17. The van der Waals surface area contributed by atoms with Gasteiger partial charge in [0.25, 0.3) is 0 Å². The lowest BCUT2D eigenvalue weighted by atomic mass is 10.0. The van der Waals surface area contributed by atoms with E-state index in [0.717, 1.165) is 4.48 Å². The Morgan fingerprint density at radius 1 is 1.67 bits per heavy atom. The number of carbonyl (C=O) groups excluding carboxylic acids is 1. The van der Waals surface area contributed by atoms with Gasteiger partial charge >= 0.3 is 0 Å². The van der Waals surface area contributed by atoms with E-state index in [1.165, 1.54) is 0 Å². The first-order valence-electron chi connectivity index (χ1n) is 3.70. The van der Waals surface area contributed by atoms with Crippen molar-refractivity contribution in [2.45, 2.75) is 25.8 Å². The first-order chi connectivity index (χ1) is 5.31. The summed E-state index contributed by atoms with van der Waals surface area (Å²) >= 11 is 3.14. The van der Waals surface area contributed by atoms with Gasteiger partial charge in [-0.3, -0.25) is 4.79 Å². The Balaban J connectivity index is 3.68. The summed E-state index contributed by atoms with van der Waals surface area (Å²) in [5.41, 5.74) is 5.20. The van der Waals surface area contributed by atoms with Crippen LogP contribution in [0.15, 0.2) is 11.1 Å². The first kappa shape index (κ1) is 11.6. The molecule has 0 aromatic rings. The van der Waals surface area contributed by atoms with E-state index in [-0.39, 0.29) is 5.91 Å². The van der Waals surface area contributed by atoms with Gasteiger partial charge in [-0.2, -0.15) is 0 Å². The van der Waals surface area contributed by atoms with Crippen molar-refractivity contribution in [1.29, 1.82) is 0 Å². The number of hydrogen-bond acceptors (Lipinski definition) is 2. The van der Waals surface area contributed by atoms with E-state index in [1.807, 2.05) is 13.8 Å². The third-order valence-electron chi connectivity index (χ3n) is 1.09. The molecule has 70 valence electrons. The van der Waals surface area contributed by atoms with E-state index in [9.17, 15) is 4.79 Å². The highest BCUT2D eigenvalue weighted by Gasteiger charge is 2.15. The molecule has 0 saturated heterocycles. The average molecular weight is 235 g/mol. The van der Waals surface area contributed by atoms with Gasteiger partial charge in [-0.25, -0.2) is 0 Å². The molecular formula is C8H15BrN2O. The van der Waals surface area contributed by atoms with Crippen molar-refractivity contribution in [2.24, 2.45) is 5.73 Å². The van der Waals surface area contributed by atoms with Gasteiger partial charge in [-0.05, 0) is 13.8 Å². The number of nitrogens with two attached hydrogens (primary N) is 1. The Hall–Kier alpha value is -0.350. The molecule has 0 unspecified atom stereocenters. The SMILES string of the molecule is C=C(Br)CNC(=O)CC(C)(C)N. The zero-order chi connectivity index (χ0) is 9.78. The highest BCUT2D eigenvalue weighted by molar-refractivity contribution is 9.11. The first-order valence-corrected chi connectivity index (χ1v) is 4.49. The highest BCUT2D eigenvalue weighted by atomic mass is 79.9. The summed E-state index contributed by atoms with van der Waals surface area (Å²) in [5.74, 6) is -0.0527. The van der Waals surface area contributed by atoms with Gasteiger partial charge in [0.15, 0.2) is 0 Å². The molecule has 0 aliphatic rings. The van der Waals surface area contributed by atoms with Crippen LogP contribution in [0.1, 0.15) is 20.3 Å². The molecular weight excluding hydrogens is 220 g/mol. The smallest absolute Gasteiger partial charge is 0.222 e. The van der Waals surface area contributed by atoms with Gasteiger partial charge in [-0.15, -0.1) is 0 Å². The molecule has 0 atom stereocenters. The Morgan fingerprint density at radius 3 is 2.50 bits per heavy atom. The van der Waals surface area contributed by atoms with Gasteiger partial charge < -0.3 is 11.1 Å². The van der Waals surface area contributed by atoms with Crippen LogP contribution in [0.25, 0.3) is 0 Å². The second-order valence-corrected chi connectivity index (χ2v) is 4.58. The lowest BCUT2D eigenvalue weighted by molar-refractivity contribution is -0.121. The van der Waals surface area contributed by atoms with E-state index < -0.39 is 5.54 Å². The molecule has 0 aromatic heterocycles. The molecule has 4 heteroatoms. The molecule has 1 amide bonds. The van der Waals surface area contributed by atoms with Gasteiger partial charge in [0, 0.05) is 23.0 Å². The topological polar surface area (TPSA) is 55.1 Å². The molecule has 0 rings (SSSR count). The van der Waals surface area contributed by atoms with Crippen molar-refractivity contribution in [2.75, 3.05) is 6.54 Å². The largest absolute Gasteiger partial charge is 0.351 e. The van der Waals surface area contributed by atoms with Crippen LogP contribution in [0.2, 0.25) is 0 Å². The van der Waals surface area contributed by atoms with Crippen LogP contribution in [-0.2, 0) is 4.79 Å². The summed E-state index contributed by atoms with van der Waals surface area (Å²) in [6, 6.07) is 0. The highest BCUT2D eigenvalue weighted by Crippen LogP contribution is 2.03. The maximum atomic E-state index is 11.1. The minimum atomic E-state index is -0.447. The second kappa shape index (κ2) is 4.62. The van der Waals surface area contributed by atoms with Crippen molar-refractivity contribution >= 4 is 21.8 Å². The molecule has 0 fully saturated rings. The summed E-state index contributed by atoms with van der Waals surface area (Å²) in [5, 5.41) is 2.67. The number of rotatable bonds is 4. The third kappa shape index (κ3) is 7.75.